The fourth-order valence-electron chi connectivity index (χ4n) is 2.46. The number of methoxy groups -OCH3 is 1. The molecule has 1 aliphatic rings. The number of halogens is 1. The summed E-state index contributed by atoms with van der Waals surface area (Å²) in [5.74, 6) is 2.02. The molecule has 1 aromatic carbocycles. The summed E-state index contributed by atoms with van der Waals surface area (Å²) in [6.07, 6.45) is 1.80. The Morgan fingerprint density at radius 1 is 1.50 bits per heavy atom. The van der Waals surface area contributed by atoms with Gasteiger partial charge in [0.25, 0.3) is 6.71 Å². The number of carbonyl (C=O) groups excluding carboxylic acids is 1. The topological polar surface area (TPSA) is 53.3 Å². The van der Waals surface area contributed by atoms with E-state index in [9.17, 15) is 4.79 Å². The van der Waals surface area contributed by atoms with Gasteiger partial charge in [0.1, 0.15) is 0 Å². The van der Waals surface area contributed by atoms with Gasteiger partial charge in [0.15, 0.2) is 0 Å². The van der Waals surface area contributed by atoms with Crippen LogP contribution in [0.15, 0.2) is 18.2 Å². The van der Waals surface area contributed by atoms with Crippen LogP contribution in [0.3, 0.4) is 0 Å². The van der Waals surface area contributed by atoms with Gasteiger partial charge in [-0.1, -0.05) is 15.9 Å². The van der Waals surface area contributed by atoms with Gasteiger partial charge < -0.3 is 9.64 Å². The standard InChI is InChI=1S/C14H16BBrN2O2/c1-20-14(19)13-3-2-12(8-11(13)9-16)18-6-4-15(10-17)5-7-18/h2-3,8H,4-7,9H2,1H3. The third kappa shape index (κ3) is 3.16. The van der Waals surface area contributed by atoms with E-state index in [4.69, 9.17) is 10.00 Å². The molecule has 0 atom stereocenters. The van der Waals surface area contributed by atoms with Gasteiger partial charge >= 0.3 is 5.97 Å². The predicted molar refractivity (Wildman–Crippen MR) is 83.6 cm³/mol. The third-order valence-electron chi connectivity index (χ3n) is 3.68. The number of anilines is 1. The van der Waals surface area contributed by atoms with E-state index in [1.54, 1.807) is 0 Å². The van der Waals surface area contributed by atoms with Crippen LogP contribution in [0.1, 0.15) is 15.9 Å². The Bertz CT molecular complexity index is 536. The van der Waals surface area contributed by atoms with Crippen molar-refractivity contribution in [3.05, 3.63) is 29.3 Å². The minimum Gasteiger partial charge on any atom is -0.465 e. The number of alkyl halides is 1. The number of hydrogen-bond acceptors (Lipinski definition) is 4. The van der Waals surface area contributed by atoms with Crippen molar-refractivity contribution in [3.63, 3.8) is 0 Å². The lowest BCUT2D eigenvalue weighted by Crippen LogP contribution is -2.36. The quantitative estimate of drug-likeness (QED) is 0.484. The summed E-state index contributed by atoms with van der Waals surface area (Å²) in [5, 5.41) is 9.54. The normalized spacial score (nSPS) is 14.8. The first-order valence-corrected chi connectivity index (χ1v) is 7.73. The van der Waals surface area contributed by atoms with Crippen LogP contribution < -0.4 is 4.90 Å². The van der Waals surface area contributed by atoms with E-state index >= 15 is 0 Å². The molecule has 1 aliphatic heterocycles. The highest BCUT2D eigenvalue weighted by Crippen LogP contribution is 2.25. The fraction of sp³-hybridized carbons (Fsp3) is 0.429. The molecule has 1 heterocycles. The van der Waals surface area contributed by atoms with Gasteiger partial charge in [0.05, 0.1) is 12.7 Å². The molecule has 20 heavy (non-hydrogen) atoms. The van der Waals surface area contributed by atoms with E-state index in [1.807, 2.05) is 18.2 Å². The molecule has 0 spiro atoms. The summed E-state index contributed by atoms with van der Waals surface area (Å²) in [4.78, 5) is 13.9. The molecule has 1 aromatic rings. The third-order valence-corrected chi connectivity index (χ3v) is 4.28. The molecule has 1 fully saturated rings. The van der Waals surface area contributed by atoms with E-state index in [1.165, 1.54) is 7.11 Å². The molecule has 1 saturated heterocycles. The van der Waals surface area contributed by atoms with E-state index < -0.39 is 0 Å². The number of ether oxygens (including phenoxy) is 1. The maximum Gasteiger partial charge on any atom is 0.338 e. The summed E-state index contributed by atoms with van der Waals surface area (Å²) in [6.45, 7) is 1.95. The van der Waals surface area contributed by atoms with E-state index in [2.05, 4.69) is 26.8 Å². The Kier molecular flexibility index (Phi) is 5.08. The van der Waals surface area contributed by atoms with Crippen molar-refractivity contribution in [2.45, 2.75) is 18.0 Å². The molecule has 0 saturated carbocycles. The van der Waals surface area contributed by atoms with Crippen molar-refractivity contribution in [2.75, 3.05) is 25.1 Å². The molecular formula is C14H16BBrN2O2. The van der Waals surface area contributed by atoms with Gasteiger partial charge in [0.2, 0.25) is 0 Å². The zero-order valence-electron chi connectivity index (χ0n) is 11.4. The van der Waals surface area contributed by atoms with Crippen LogP contribution in [0.5, 0.6) is 0 Å². The highest BCUT2D eigenvalue weighted by atomic mass is 79.9. The zero-order chi connectivity index (χ0) is 14.5. The molecule has 0 amide bonds. The van der Waals surface area contributed by atoms with Crippen LogP contribution >= 0.6 is 15.9 Å². The summed E-state index contributed by atoms with van der Waals surface area (Å²) >= 11 is 3.42. The number of nitriles is 1. The van der Waals surface area contributed by atoms with Crippen molar-refractivity contribution in [1.29, 1.82) is 5.26 Å². The van der Waals surface area contributed by atoms with Gasteiger partial charge in [-0.05, 0) is 36.4 Å². The second-order valence-electron chi connectivity index (χ2n) is 4.86. The van der Waals surface area contributed by atoms with Crippen LogP contribution in [-0.4, -0.2) is 32.9 Å². The summed E-state index contributed by atoms with van der Waals surface area (Å²) in [7, 11) is 1.39. The molecule has 0 aliphatic carbocycles. The number of esters is 1. The van der Waals surface area contributed by atoms with E-state index in [-0.39, 0.29) is 12.7 Å². The molecule has 0 aromatic heterocycles. The molecule has 0 radical (unpaired) electrons. The fourth-order valence-corrected chi connectivity index (χ4v) is 2.93. The minimum atomic E-state index is -0.311. The van der Waals surface area contributed by atoms with Crippen LogP contribution in [0.4, 0.5) is 5.69 Å². The average Bonchev–Trinajstić information content (AvgIpc) is 2.53. The Morgan fingerprint density at radius 3 is 2.75 bits per heavy atom. The van der Waals surface area contributed by atoms with Gasteiger partial charge in [-0.3, -0.25) is 0 Å². The first kappa shape index (κ1) is 14.9. The number of rotatable bonds is 3. The average molecular weight is 335 g/mol. The molecule has 4 nitrogen and oxygen atoms in total. The van der Waals surface area contributed by atoms with E-state index in [0.29, 0.717) is 10.9 Å². The maximum absolute atomic E-state index is 11.7. The predicted octanol–water partition coefficient (Wildman–Crippen LogP) is 2.75. The number of hydrogen-bond donors (Lipinski definition) is 0. The van der Waals surface area contributed by atoms with Gasteiger partial charge in [-0.2, -0.15) is 0 Å². The second-order valence-corrected chi connectivity index (χ2v) is 5.42. The lowest BCUT2D eigenvalue weighted by molar-refractivity contribution is 0.0600. The molecule has 0 unspecified atom stereocenters. The molecule has 0 bridgehead atoms. The largest absolute Gasteiger partial charge is 0.465 e. The molecule has 0 N–H and O–H groups in total. The van der Waals surface area contributed by atoms with Gasteiger partial charge in [-0.15, -0.1) is 0 Å². The van der Waals surface area contributed by atoms with Crippen LogP contribution in [0, 0.1) is 11.2 Å². The zero-order valence-corrected chi connectivity index (χ0v) is 13.0. The first-order valence-electron chi connectivity index (χ1n) is 6.61. The van der Waals surface area contributed by atoms with Gasteiger partial charge in [-0.25, -0.2) is 10.1 Å². The Labute approximate surface area is 127 Å². The van der Waals surface area contributed by atoms with Crippen LogP contribution in [0.2, 0.25) is 12.6 Å². The highest BCUT2D eigenvalue weighted by Gasteiger charge is 2.23. The number of benzene rings is 1. The van der Waals surface area contributed by atoms with Crippen molar-refractivity contribution < 1.29 is 9.53 Å². The second kappa shape index (κ2) is 6.80. The van der Waals surface area contributed by atoms with Crippen LogP contribution in [-0.2, 0) is 10.1 Å². The van der Waals surface area contributed by atoms with Crippen LogP contribution in [0.25, 0.3) is 0 Å². The SMILES string of the molecule is COC(=O)c1ccc(N2CCB(C#N)CC2)cc1CBr. The smallest absolute Gasteiger partial charge is 0.338 e. The summed E-state index contributed by atoms with van der Waals surface area (Å²) < 4.78 is 4.78. The monoisotopic (exact) mass is 334 g/mol. The number of carbonyl (C=O) groups is 1. The molecule has 2 rings (SSSR count). The Morgan fingerprint density at radius 2 is 2.20 bits per heavy atom. The lowest BCUT2D eigenvalue weighted by atomic mass is 9.45. The van der Waals surface area contributed by atoms with Crippen molar-refractivity contribution in [2.24, 2.45) is 0 Å². The summed E-state index contributed by atoms with van der Waals surface area (Å²) in [6, 6.07) is 5.78. The minimum absolute atomic E-state index is 0.177. The maximum atomic E-state index is 11.7. The Balaban J connectivity index is 2.18. The molecule has 6 heteroatoms. The molecular weight excluding hydrogens is 319 g/mol. The first-order chi connectivity index (χ1) is 9.69. The van der Waals surface area contributed by atoms with Crippen molar-refractivity contribution in [3.8, 4) is 5.97 Å². The summed E-state index contributed by atoms with van der Waals surface area (Å²) in [5.41, 5.74) is 2.63. The Hall–Kier alpha value is -1.48. The van der Waals surface area contributed by atoms with Gasteiger partial charge in [0, 0.05) is 30.1 Å². The van der Waals surface area contributed by atoms with Crippen molar-refractivity contribution >= 4 is 34.3 Å². The highest BCUT2D eigenvalue weighted by molar-refractivity contribution is 9.08. The van der Waals surface area contributed by atoms with E-state index in [0.717, 1.165) is 37.0 Å². The lowest BCUT2D eigenvalue weighted by Gasteiger charge is -2.30. The number of nitrogens with zero attached hydrogens (tertiary/aromatic N) is 2. The molecule has 104 valence electrons. The van der Waals surface area contributed by atoms with Crippen molar-refractivity contribution in [1.82, 2.24) is 0 Å².